The molecular weight excluding hydrogens is 294 g/mol. The molecule has 1 amide bonds. The summed E-state index contributed by atoms with van der Waals surface area (Å²) in [5.41, 5.74) is 1.35. The molecule has 1 aromatic heterocycles. The number of carbonyl (C=O) groups excluding carboxylic acids is 1. The van der Waals surface area contributed by atoms with Gasteiger partial charge in [0.25, 0.3) is 0 Å². The van der Waals surface area contributed by atoms with Crippen LogP contribution in [0.3, 0.4) is 0 Å². The van der Waals surface area contributed by atoms with Gasteiger partial charge in [0.15, 0.2) is 0 Å². The number of rotatable bonds is 3. The summed E-state index contributed by atoms with van der Waals surface area (Å²) in [4.78, 5) is 14.2. The maximum Gasteiger partial charge on any atom is 0.246 e. The van der Waals surface area contributed by atoms with Crippen molar-refractivity contribution in [2.24, 2.45) is 0 Å². The summed E-state index contributed by atoms with van der Waals surface area (Å²) in [7, 11) is 0. The quantitative estimate of drug-likeness (QED) is 0.803. The first-order chi connectivity index (χ1) is 10.8. The standard InChI is InChI=1S/C18H19NO2S/c20-18(9-8-16-7-4-13-21-16)19-11-10-17(22-14-12-19)15-5-2-1-3-6-15/h1-9,13,17H,10-12,14H2/b9-8+/t17-/m1/s1. The monoisotopic (exact) mass is 313 g/mol. The van der Waals surface area contributed by atoms with E-state index in [0.717, 1.165) is 25.3 Å². The Morgan fingerprint density at radius 3 is 2.82 bits per heavy atom. The largest absolute Gasteiger partial charge is 0.465 e. The van der Waals surface area contributed by atoms with E-state index >= 15 is 0 Å². The lowest BCUT2D eigenvalue weighted by Gasteiger charge is -2.18. The fourth-order valence-corrected chi connectivity index (χ4v) is 3.80. The van der Waals surface area contributed by atoms with Crippen LogP contribution in [0.15, 0.2) is 59.2 Å². The summed E-state index contributed by atoms with van der Waals surface area (Å²) in [6.07, 6.45) is 5.94. The van der Waals surface area contributed by atoms with Crippen molar-refractivity contribution in [3.63, 3.8) is 0 Å². The van der Waals surface area contributed by atoms with Crippen LogP contribution < -0.4 is 0 Å². The van der Waals surface area contributed by atoms with E-state index in [1.165, 1.54) is 5.56 Å². The van der Waals surface area contributed by atoms with Crippen LogP contribution in [0.2, 0.25) is 0 Å². The Bertz CT molecular complexity index is 622. The number of hydrogen-bond acceptors (Lipinski definition) is 3. The van der Waals surface area contributed by atoms with Crippen molar-refractivity contribution in [3.8, 4) is 0 Å². The second-order valence-corrected chi connectivity index (χ2v) is 6.54. The smallest absolute Gasteiger partial charge is 0.246 e. The second kappa shape index (κ2) is 7.36. The van der Waals surface area contributed by atoms with Crippen molar-refractivity contribution in [2.45, 2.75) is 11.7 Å². The van der Waals surface area contributed by atoms with Crippen LogP contribution in [0.25, 0.3) is 6.08 Å². The number of furan rings is 1. The zero-order valence-corrected chi connectivity index (χ0v) is 13.2. The summed E-state index contributed by atoms with van der Waals surface area (Å²) < 4.78 is 5.21. The van der Waals surface area contributed by atoms with Gasteiger partial charge in [-0.25, -0.2) is 0 Å². The number of hydrogen-bond donors (Lipinski definition) is 0. The third-order valence-electron chi connectivity index (χ3n) is 3.76. The molecule has 0 unspecified atom stereocenters. The first-order valence-corrected chi connectivity index (χ1v) is 8.55. The highest BCUT2D eigenvalue weighted by Gasteiger charge is 2.20. The van der Waals surface area contributed by atoms with Gasteiger partial charge in [-0.1, -0.05) is 30.3 Å². The van der Waals surface area contributed by atoms with Crippen LogP contribution in [-0.2, 0) is 4.79 Å². The van der Waals surface area contributed by atoms with E-state index in [4.69, 9.17) is 4.42 Å². The second-order valence-electron chi connectivity index (χ2n) is 5.23. The van der Waals surface area contributed by atoms with Crippen molar-refractivity contribution in [2.75, 3.05) is 18.8 Å². The molecule has 2 aromatic rings. The Morgan fingerprint density at radius 1 is 1.18 bits per heavy atom. The molecule has 0 spiro atoms. The van der Waals surface area contributed by atoms with Crippen molar-refractivity contribution in [1.29, 1.82) is 0 Å². The molecule has 1 fully saturated rings. The number of thioether (sulfide) groups is 1. The third kappa shape index (κ3) is 3.83. The van der Waals surface area contributed by atoms with Gasteiger partial charge >= 0.3 is 0 Å². The van der Waals surface area contributed by atoms with E-state index in [1.54, 1.807) is 18.4 Å². The molecule has 1 aromatic carbocycles. The molecule has 3 rings (SSSR count). The summed E-state index contributed by atoms with van der Waals surface area (Å²) in [6.45, 7) is 1.60. The Kier molecular flexibility index (Phi) is 5.01. The van der Waals surface area contributed by atoms with E-state index in [2.05, 4.69) is 24.3 Å². The molecule has 114 valence electrons. The summed E-state index contributed by atoms with van der Waals surface area (Å²) in [5, 5.41) is 0.480. The molecule has 1 saturated heterocycles. The van der Waals surface area contributed by atoms with Crippen LogP contribution >= 0.6 is 11.8 Å². The van der Waals surface area contributed by atoms with E-state index in [-0.39, 0.29) is 5.91 Å². The van der Waals surface area contributed by atoms with Crippen molar-refractivity contribution in [1.82, 2.24) is 4.90 Å². The van der Waals surface area contributed by atoms with Crippen molar-refractivity contribution in [3.05, 3.63) is 66.1 Å². The van der Waals surface area contributed by atoms with Gasteiger partial charge in [0.2, 0.25) is 5.91 Å². The SMILES string of the molecule is O=C(/C=C/c1ccco1)N1CCS[C@@H](c2ccccc2)CC1. The minimum Gasteiger partial charge on any atom is -0.465 e. The Hall–Kier alpha value is -1.94. The van der Waals surface area contributed by atoms with Crippen LogP contribution in [0, 0.1) is 0 Å². The van der Waals surface area contributed by atoms with E-state index in [9.17, 15) is 4.79 Å². The van der Waals surface area contributed by atoms with E-state index in [1.807, 2.05) is 34.9 Å². The molecule has 2 heterocycles. The summed E-state index contributed by atoms with van der Waals surface area (Å²) in [6, 6.07) is 14.2. The zero-order valence-electron chi connectivity index (χ0n) is 12.4. The summed E-state index contributed by atoms with van der Waals surface area (Å²) >= 11 is 1.94. The lowest BCUT2D eigenvalue weighted by atomic mass is 10.1. The molecule has 1 atom stereocenters. The van der Waals surface area contributed by atoms with Gasteiger partial charge in [-0.05, 0) is 30.2 Å². The molecule has 3 nitrogen and oxygen atoms in total. The number of nitrogens with zero attached hydrogens (tertiary/aromatic N) is 1. The number of benzene rings is 1. The predicted molar refractivity (Wildman–Crippen MR) is 90.6 cm³/mol. The first kappa shape index (κ1) is 15.0. The van der Waals surface area contributed by atoms with Gasteiger partial charge in [-0.3, -0.25) is 4.79 Å². The topological polar surface area (TPSA) is 33.5 Å². The number of amides is 1. The predicted octanol–water partition coefficient (Wildman–Crippen LogP) is 4.00. The highest BCUT2D eigenvalue weighted by molar-refractivity contribution is 7.99. The molecule has 0 radical (unpaired) electrons. The fourth-order valence-electron chi connectivity index (χ4n) is 2.57. The van der Waals surface area contributed by atoms with Gasteiger partial charge in [0.1, 0.15) is 5.76 Å². The average Bonchev–Trinajstić information content (AvgIpc) is 2.96. The first-order valence-electron chi connectivity index (χ1n) is 7.50. The molecule has 0 bridgehead atoms. The molecular formula is C18H19NO2S. The van der Waals surface area contributed by atoms with Crippen LogP contribution in [0.5, 0.6) is 0 Å². The van der Waals surface area contributed by atoms with Crippen molar-refractivity contribution >= 4 is 23.7 Å². The van der Waals surface area contributed by atoms with E-state index in [0.29, 0.717) is 11.0 Å². The van der Waals surface area contributed by atoms with Gasteiger partial charge < -0.3 is 9.32 Å². The van der Waals surface area contributed by atoms with Gasteiger partial charge in [0, 0.05) is 30.2 Å². The fraction of sp³-hybridized carbons (Fsp3) is 0.278. The van der Waals surface area contributed by atoms with Gasteiger partial charge in [-0.2, -0.15) is 11.8 Å². The Labute approximate surface area is 135 Å². The van der Waals surface area contributed by atoms with Gasteiger partial charge in [0.05, 0.1) is 6.26 Å². The Morgan fingerprint density at radius 2 is 2.05 bits per heavy atom. The van der Waals surface area contributed by atoms with Gasteiger partial charge in [-0.15, -0.1) is 0 Å². The molecule has 4 heteroatoms. The summed E-state index contributed by atoms with van der Waals surface area (Å²) in [5.74, 6) is 1.74. The van der Waals surface area contributed by atoms with E-state index < -0.39 is 0 Å². The molecule has 22 heavy (non-hydrogen) atoms. The van der Waals surface area contributed by atoms with Crippen LogP contribution in [0.4, 0.5) is 0 Å². The minimum atomic E-state index is 0.0608. The van der Waals surface area contributed by atoms with Crippen LogP contribution in [0.1, 0.15) is 23.0 Å². The van der Waals surface area contributed by atoms with Crippen molar-refractivity contribution < 1.29 is 9.21 Å². The molecule has 1 aliphatic heterocycles. The molecule has 0 aliphatic carbocycles. The third-order valence-corrected chi connectivity index (χ3v) is 5.09. The zero-order chi connectivity index (χ0) is 15.2. The lowest BCUT2D eigenvalue weighted by molar-refractivity contribution is -0.125. The Balaban J connectivity index is 1.59. The molecule has 1 aliphatic rings. The van der Waals surface area contributed by atoms with Crippen LogP contribution in [-0.4, -0.2) is 29.6 Å². The minimum absolute atomic E-state index is 0.0608. The highest BCUT2D eigenvalue weighted by Crippen LogP contribution is 2.34. The number of carbonyl (C=O) groups is 1. The maximum atomic E-state index is 12.3. The highest BCUT2D eigenvalue weighted by atomic mass is 32.2. The lowest BCUT2D eigenvalue weighted by Crippen LogP contribution is -2.31. The average molecular weight is 313 g/mol. The maximum absolute atomic E-state index is 12.3. The normalized spacial score (nSPS) is 19.3. The molecule has 0 saturated carbocycles. The molecule has 0 N–H and O–H groups in total.